The summed E-state index contributed by atoms with van der Waals surface area (Å²) in [4.78, 5) is 0. The van der Waals surface area contributed by atoms with Crippen molar-refractivity contribution >= 4 is 0 Å². The molecule has 1 atom stereocenters. The smallest absolute Gasteiger partial charge is 0.124 e. The highest BCUT2D eigenvalue weighted by atomic mass is 16.5. The Hall–Kier alpha value is -1.22. The average molecular weight is 207 g/mol. The first-order chi connectivity index (χ1) is 7.16. The lowest BCUT2D eigenvalue weighted by molar-refractivity contribution is 0.238. The molecule has 3 heteroatoms. The van der Waals surface area contributed by atoms with E-state index in [0.29, 0.717) is 6.61 Å². The van der Waals surface area contributed by atoms with Crippen LogP contribution in [-0.4, -0.2) is 12.7 Å². The molecule has 1 aliphatic heterocycles. The van der Waals surface area contributed by atoms with Crippen LogP contribution in [0.15, 0.2) is 18.2 Å². The second-order valence-electron chi connectivity index (χ2n) is 4.11. The first-order valence-corrected chi connectivity index (χ1v) is 5.36. The van der Waals surface area contributed by atoms with Gasteiger partial charge in [0.25, 0.3) is 0 Å². The van der Waals surface area contributed by atoms with E-state index >= 15 is 0 Å². The maximum absolute atomic E-state index is 6.01. The summed E-state index contributed by atoms with van der Waals surface area (Å²) in [6.07, 6.45) is 1.06. The van der Waals surface area contributed by atoms with Gasteiger partial charge in [-0.2, -0.15) is 0 Å². The number of hydrogen-bond donors (Lipinski definition) is 1. The number of ether oxygens (including phenoxy) is 2. The van der Waals surface area contributed by atoms with Gasteiger partial charge in [0.15, 0.2) is 0 Å². The Morgan fingerprint density at radius 2 is 2.27 bits per heavy atom. The average Bonchev–Trinajstić information content (AvgIpc) is 2.18. The summed E-state index contributed by atoms with van der Waals surface area (Å²) >= 11 is 0. The highest BCUT2D eigenvalue weighted by Gasteiger charge is 2.18. The van der Waals surface area contributed by atoms with Gasteiger partial charge >= 0.3 is 0 Å². The third-order valence-corrected chi connectivity index (χ3v) is 2.44. The Balaban J connectivity index is 2.27. The SMILES string of the molecule is CC(C)Oc1ccc2c(c1)[C@H](N)CCO2. The summed E-state index contributed by atoms with van der Waals surface area (Å²) in [6.45, 7) is 4.73. The zero-order valence-electron chi connectivity index (χ0n) is 9.19. The van der Waals surface area contributed by atoms with Crippen molar-refractivity contribution in [2.75, 3.05) is 6.61 Å². The van der Waals surface area contributed by atoms with Crippen molar-refractivity contribution in [3.05, 3.63) is 23.8 Å². The molecule has 0 fully saturated rings. The number of fused-ring (bicyclic) bond motifs is 1. The van der Waals surface area contributed by atoms with Gasteiger partial charge in [-0.1, -0.05) is 0 Å². The Kier molecular flexibility index (Phi) is 2.82. The molecular weight excluding hydrogens is 190 g/mol. The van der Waals surface area contributed by atoms with E-state index in [1.54, 1.807) is 0 Å². The van der Waals surface area contributed by atoms with Gasteiger partial charge in [-0.05, 0) is 32.0 Å². The van der Waals surface area contributed by atoms with Crippen LogP contribution >= 0.6 is 0 Å². The van der Waals surface area contributed by atoms with E-state index in [4.69, 9.17) is 15.2 Å². The molecule has 1 aliphatic rings. The molecule has 0 saturated carbocycles. The Morgan fingerprint density at radius 1 is 1.47 bits per heavy atom. The van der Waals surface area contributed by atoms with Crippen molar-refractivity contribution in [2.45, 2.75) is 32.4 Å². The molecule has 0 unspecified atom stereocenters. The standard InChI is InChI=1S/C12H17NO2/c1-8(2)15-9-3-4-12-10(7-9)11(13)5-6-14-12/h3-4,7-8,11H,5-6,13H2,1-2H3/t11-/m1/s1. The van der Waals surface area contributed by atoms with E-state index < -0.39 is 0 Å². The zero-order valence-corrected chi connectivity index (χ0v) is 9.19. The lowest BCUT2D eigenvalue weighted by Crippen LogP contribution is -2.20. The molecular formula is C12H17NO2. The van der Waals surface area contributed by atoms with Crippen molar-refractivity contribution < 1.29 is 9.47 Å². The molecule has 0 spiro atoms. The van der Waals surface area contributed by atoms with Crippen molar-refractivity contribution in [2.24, 2.45) is 5.73 Å². The molecule has 1 aromatic rings. The fourth-order valence-corrected chi connectivity index (χ4v) is 1.74. The third-order valence-electron chi connectivity index (χ3n) is 2.44. The minimum atomic E-state index is 0.0736. The van der Waals surface area contributed by atoms with Crippen LogP contribution in [0.25, 0.3) is 0 Å². The van der Waals surface area contributed by atoms with Crippen LogP contribution in [0.4, 0.5) is 0 Å². The minimum Gasteiger partial charge on any atom is -0.493 e. The molecule has 15 heavy (non-hydrogen) atoms. The lowest BCUT2D eigenvalue weighted by Gasteiger charge is -2.23. The highest BCUT2D eigenvalue weighted by molar-refractivity contribution is 5.43. The molecule has 3 nitrogen and oxygen atoms in total. The van der Waals surface area contributed by atoms with Gasteiger partial charge in [-0.25, -0.2) is 0 Å². The fourth-order valence-electron chi connectivity index (χ4n) is 1.74. The molecule has 2 N–H and O–H groups in total. The summed E-state index contributed by atoms with van der Waals surface area (Å²) < 4.78 is 11.1. The summed E-state index contributed by atoms with van der Waals surface area (Å²) in [7, 11) is 0. The van der Waals surface area contributed by atoms with E-state index in [2.05, 4.69) is 0 Å². The van der Waals surface area contributed by atoms with E-state index in [-0.39, 0.29) is 12.1 Å². The van der Waals surface area contributed by atoms with Crippen LogP contribution in [0, 0.1) is 0 Å². The Bertz CT molecular complexity index is 349. The Labute approximate surface area is 90.2 Å². The predicted octanol–water partition coefficient (Wildman–Crippen LogP) is 2.26. The van der Waals surface area contributed by atoms with E-state index in [1.807, 2.05) is 32.0 Å². The van der Waals surface area contributed by atoms with Crippen molar-refractivity contribution in [1.82, 2.24) is 0 Å². The summed E-state index contributed by atoms with van der Waals surface area (Å²) in [5.41, 5.74) is 7.07. The Morgan fingerprint density at radius 3 is 3.00 bits per heavy atom. The van der Waals surface area contributed by atoms with Gasteiger partial charge < -0.3 is 15.2 Å². The number of rotatable bonds is 2. The van der Waals surface area contributed by atoms with Crippen LogP contribution < -0.4 is 15.2 Å². The molecule has 1 aromatic carbocycles. The number of benzene rings is 1. The van der Waals surface area contributed by atoms with Crippen LogP contribution in [0.5, 0.6) is 11.5 Å². The summed E-state index contributed by atoms with van der Waals surface area (Å²) in [5, 5.41) is 0. The molecule has 82 valence electrons. The molecule has 0 aliphatic carbocycles. The predicted molar refractivity (Wildman–Crippen MR) is 59.2 cm³/mol. The second kappa shape index (κ2) is 4.11. The van der Waals surface area contributed by atoms with Crippen LogP contribution in [0.3, 0.4) is 0 Å². The quantitative estimate of drug-likeness (QED) is 0.809. The molecule has 2 rings (SSSR count). The van der Waals surface area contributed by atoms with Crippen molar-refractivity contribution in [1.29, 1.82) is 0 Å². The van der Waals surface area contributed by atoms with Crippen molar-refractivity contribution in [3.8, 4) is 11.5 Å². The summed E-state index contributed by atoms with van der Waals surface area (Å²) in [6, 6.07) is 5.92. The second-order valence-corrected chi connectivity index (χ2v) is 4.11. The zero-order chi connectivity index (χ0) is 10.8. The molecule has 0 radical (unpaired) electrons. The van der Waals surface area contributed by atoms with Crippen LogP contribution in [-0.2, 0) is 0 Å². The maximum atomic E-state index is 6.01. The third kappa shape index (κ3) is 2.23. The van der Waals surface area contributed by atoms with E-state index in [9.17, 15) is 0 Å². The van der Waals surface area contributed by atoms with Crippen molar-refractivity contribution in [3.63, 3.8) is 0 Å². The lowest BCUT2D eigenvalue weighted by atomic mass is 10.0. The largest absolute Gasteiger partial charge is 0.493 e. The van der Waals surface area contributed by atoms with Gasteiger partial charge in [-0.3, -0.25) is 0 Å². The minimum absolute atomic E-state index is 0.0736. The summed E-state index contributed by atoms with van der Waals surface area (Å²) in [5.74, 6) is 1.76. The topological polar surface area (TPSA) is 44.5 Å². The normalized spacial score (nSPS) is 19.6. The van der Waals surface area contributed by atoms with Crippen LogP contribution in [0.1, 0.15) is 31.9 Å². The molecule has 0 aromatic heterocycles. The van der Waals surface area contributed by atoms with E-state index in [1.165, 1.54) is 0 Å². The molecule has 0 amide bonds. The first kappa shape index (κ1) is 10.3. The maximum Gasteiger partial charge on any atom is 0.124 e. The van der Waals surface area contributed by atoms with E-state index in [0.717, 1.165) is 23.5 Å². The monoisotopic (exact) mass is 207 g/mol. The highest BCUT2D eigenvalue weighted by Crippen LogP contribution is 2.33. The fraction of sp³-hybridized carbons (Fsp3) is 0.500. The first-order valence-electron chi connectivity index (χ1n) is 5.36. The molecule has 0 saturated heterocycles. The number of hydrogen-bond acceptors (Lipinski definition) is 3. The van der Waals surface area contributed by atoms with Crippen LogP contribution in [0.2, 0.25) is 0 Å². The molecule has 0 bridgehead atoms. The van der Waals surface area contributed by atoms with Gasteiger partial charge in [0.05, 0.1) is 12.7 Å². The molecule has 1 heterocycles. The van der Waals surface area contributed by atoms with Gasteiger partial charge in [0.1, 0.15) is 11.5 Å². The number of nitrogens with two attached hydrogens (primary N) is 1. The van der Waals surface area contributed by atoms with Gasteiger partial charge in [0.2, 0.25) is 0 Å². The van der Waals surface area contributed by atoms with Gasteiger partial charge in [-0.15, -0.1) is 0 Å². The van der Waals surface area contributed by atoms with Gasteiger partial charge in [0, 0.05) is 18.0 Å².